The Labute approximate surface area is 161 Å². The molecule has 1 aliphatic rings. The number of aromatic nitrogens is 1. The smallest absolute Gasteiger partial charge is 0.252 e. The normalized spacial score (nSPS) is 16.9. The molecule has 5 nitrogen and oxygen atoms in total. The first-order chi connectivity index (χ1) is 13.0. The first-order valence-electron chi connectivity index (χ1n) is 9.70. The van der Waals surface area contributed by atoms with Gasteiger partial charge >= 0.3 is 0 Å². The number of benzene rings is 1. The summed E-state index contributed by atoms with van der Waals surface area (Å²) in [5.41, 5.74) is 2.91. The molecule has 1 aromatic carbocycles. The lowest BCUT2D eigenvalue weighted by molar-refractivity contribution is 0.0912. The van der Waals surface area contributed by atoms with Gasteiger partial charge in [0.1, 0.15) is 0 Å². The molecule has 3 rings (SSSR count). The van der Waals surface area contributed by atoms with Crippen LogP contribution in [0.1, 0.15) is 47.3 Å². The SMILES string of the molecule is Cc1ccccc1[C@H](CNC(=O)c1ccc(=O)n(C)c1)N1CCC(C)CC1. The Morgan fingerprint density at radius 3 is 2.56 bits per heavy atom. The largest absolute Gasteiger partial charge is 0.350 e. The topological polar surface area (TPSA) is 54.3 Å². The van der Waals surface area contributed by atoms with Gasteiger partial charge in [-0.1, -0.05) is 31.2 Å². The van der Waals surface area contributed by atoms with E-state index in [0.717, 1.165) is 19.0 Å². The van der Waals surface area contributed by atoms with Gasteiger partial charge in [0.2, 0.25) is 5.56 Å². The number of aryl methyl sites for hydroxylation is 2. The summed E-state index contributed by atoms with van der Waals surface area (Å²) in [6, 6.07) is 11.6. The van der Waals surface area contributed by atoms with Gasteiger partial charge in [0.15, 0.2) is 0 Å². The van der Waals surface area contributed by atoms with Gasteiger partial charge < -0.3 is 9.88 Å². The predicted octanol–water partition coefficient (Wildman–Crippen LogP) is 2.90. The van der Waals surface area contributed by atoms with Crippen LogP contribution in [0.15, 0.2) is 47.4 Å². The van der Waals surface area contributed by atoms with E-state index in [9.17, 15) is 9.59 Å². The molecule has 0 unspecified atom stereocenters. The summed E-state index contributed by atoms with van der Waals surface area (Å²) in [5.74, 6) is 0.619. The molecule has 1 N–H and O–H groups in total. The molecule has 27 heavy (non-hydrogen) atoms. The number of piperidine rings is 1. The van der Waals surface area contributed by atoms with Gasteiger partial charge in [-0.05, 0) is 56.0 Å². The van der Waals surface area contributed by atoms with Gasteiger partial charge in [-0.25, -0.2) is 0 Å². The maximum Gasteiger partial charge on any atom is 0.252 e. The van der Waals surface area contributed by atoms with Crippen LogP contribution in [0.4, 0.5) is 0 Å². The number of nitrogens with one attached hydrogen (secondary N) is 1. The highest BCUT2D eigenvalue weighted by molar-refractivity contribution is 5.93. The summed E-state index contributed by atoms with van der Waals surface area (Å²) in [6.45, 7) is 7.10. The van der Waals surface area contributed by atoms with Crippen LogP contribution in [0.25, 0.3) is 0 Å². The molecule has 0 spiro atoms. The number of pyridine rings is 1. The summed E-state index contributed by atoms with van der Waals surface area (Å²) in [7, 11) is 1.66. The highest BCUT2D eigenvalue weighted by Gasteiger charge is 2.26. The summed E-state index contributed by atoms with van der Waals surface area (Å²) < 4.78 is 1.43. The third-order valence-corrected chi connectivity index (χ3v) is 5.61. The van der Waals surface area contributed by atoms with Crippen molar-refractivity contribution in [2.75, 3.05) is 19.6 Å². The van der Waals surface area contributed by atoms with E-state index in [-0.39, 0.29) is 17.5 Å². The third-order valence-electron chi connectivity index (χ3n) is 5.61. The van der Waals surface area contributed by atoms with Crippen LogP contribution < -0.4 is 10.9 Å². The molecule has 0 bridgehead atoms. The van der Waals surface area contributed by atoms with Crippen LogP contribution in [0.3, 0.4) is 0 Å². The van der Waals surface area contributed by atoms with Crippen molar-refractivity contribution < 1.29 is 4.79 Å². The molecule has 1 saturated heterocycles. The number of rotatable bonds is 5. The molecule has 2 aromatic rings. The van der Waals surface area contributed by atoms with Gasteiger partial charge in [0.05, 0.1) is 11.6 Å². The highest BCUT2D eigenvalue weighted by atomic mass is 16.2. The lowest BCUT2D eigenvalue weighted by atomic mass is 9.94. The number of likely N-dealkylation sites (tertiary alicyclic amines) is 1. The van der Waals surface area contributed by atoms with Crippen molar-refractivity contribution in [2.24, 2.45) is 13.0 Å². The Kier molecular flexibility index (Phi) is 6.11. The molecule has 144 valence electrons. The second-order valence-electron chi connectivity index (χ2n) is 7.67. The van der Waals surface area contributed by atoms with Crippen molar-refractivity contribution in [1.29, 1.82) is 0 Å². The number of hydrogen-bond acceptors (Lipinski definition) is 3. The maximum absolute atomic E-state index is 12.6. The van der Waals surface area contributed by atoms with Crippen LogP contribution >= 0.6 is 0 Å². The van der Waals surface area contributed by atoms with Gasteiger partial charge in [0, 0.05) is 25.9 Å². The average Bonchev–Trinajstić information content (AvgIpc) is 2.66. The molecule has 1 atom stereocenters. The van der Waals surface area contributed by atoms with Crippen molar-refractivity contribution in [3.8, 4) is 0 Å². The first kappa shape index (κ1) is 19.4. The standard InChI is InChI=1S/C22H29N3O2/c1-16-10-12-25(13-11-16)20(19-7-5-4-6-17(19)2)14-23-22(27)18-8-9-21(26)24(3)15-18/h4-9,15-16,20H,10-14H2,1-3H3,(H,23,27)/t20-/m0/s1. The Bertz CT molecular complexity index is 851. The quantitative estimate of drug-likeness (QED) is 0.884. The number of nitrogens with zero attached hydrogens (tertiary/aromatic N) is 2. The molecule has 1 aliphatic heterocycles. The van der Waals surface area contributed by atoms with E-state index in [2.05, 4.69) is 48.3 Å². The van der Waals surface area contributed by atoms with E-state index in [1.165, 1.54) is 34.6 Å². The van der Waals surface area contributed by atoms with Crippen molar-refractivity contribution in [1.82, 2.24) is 14.8 Å². The van der Waals surface area contributed by atoms with Crippen molar-refractivity contribution in [2.45, 2.75) is 32.7 Å². The van der Waals surface area contributed by atoms with E-state index in [4.69, 9.17) is 0 Å². The summed E-state index contributed by atoms with van der Waals surface area (Å²) in [4.78, 5) is 26.6. The molecule has 1 fully saturated rings. The van der Waals surface area contributed by atoms with Crippen molar-refractivity contribution >= 4 is 5.91 Å². The lowest BCUT2D eigenvalue weighted by Gasteiger charge is -2.37. The van der Waals surface area contributed by atoms with E-state index in [1.807, 2.05) is 0 Å². The monoisotopic (exact) mass is 367 g/mol. The minimum Gasteiger partial charge on any atom is -0.350 e. The molecule has 0 saturated carbocycles. The zero-order valence-corrected chi connectivity index (χ0v) is 16.4. The van der Waals surface area contributed by atoms with Gasteiger partial charge in [-0.3, -0.25) is 14.5 Å². The maximum atomic E-state index is 12.6. The van der Waals surface area contributed by atoms with Gasteiger partial charge in [-0.2, -0.15) is 0 Å². The summed E-state index contributed by atoms with van der Waals surface area (Å²) in [6.07, 6.45) is 3.97. The van der Waals surface area contributed by atoms with Crippen molar-refractivity contribution in [3.05, 3.63) is 69.6 Å². The molecule has 5 heteroatoms. The molecular formula is C22H29N3O2. The Morgan fingerprint density at radius 1 is 1.19 bits per heavy atom. The second kappa shape index (κ2) is 8.53. The fourth-order valence-electron chi connectivity index (χ4n) is 3.76. The van der Waals surface area contributed by atoms with Crippen LogP contribution in [0.2, 0.25) is 0 Å². The molecule has 0 radical (unpaired) electrons. The van der Waals surface area contributed by atoms with Crippen LogP contribution in [-0.4, -0.2) is 35.0 Å². The Balaban J connectivity index is 1.77. The van der Waals surface area contributed by atoms with E-state index in [1.54, 1.807) is 19.3 Å². The van der Waals surface area contributed by atoms with E-state index >= 15 is 0 Å². The minimum absolute atomic E-state index is 0.119. The second-order valence-corrected chi connectivity index (χ2v) is 7.67. The fourth-order valence-corrected chi connectivity index (χ4v) is 3.76. The third kappa shape index (κ3) is 4.66. The predicted molar refractivity (Wildman–Crippen MR) is 108 cm³/mol. The zero-order valence-electron chi connectivity index (χ0n) is 16.4. The van der Waals surface area contributed by atoms with Crippen LogP contribution in [0, 0.1) is 12.8 Å². The summed E-state index contributed by atoms with van der Waals surface area (Å²) >= 11 is 0. The van der Waals surface area contributed by atoms with E-state index in [0.29, 0.717) is 12.1 Å². The first-order valence-corrected chi connectivity index (χ1v) is 9.70. The van der Waals surface area contributed by atoms with Gasteiger partial charge in [-0.15, -0.1) is 0 Å². The number of amides is 1. The Morgan fingerprint density at radius 2 is 1.89 bits per heavy atom. The van der Waals surface area contributed by atoms with Gasteiger partial charge in [0.25, 0.3) is 5.91 Å². The van der Waals surface area contributed by atoms with Crippen LogP contribution in [-0.2, 0) is 7.05 Å². The zero-order chi connectivity index (χ0) is 19.4. The molecule has 2 heterocycles. The van der Waals surface area contributed by atoms with Crippen LogP contribution in [0.5, 0.6) is 0 Å². The fraction of sp³-hybridized carbons (Fsp3) is 0.455. The van der Waals surface area contributed by atoms with E-state index < -0.39 is 0 Å². The minimum atomic E-state index is -0.144. The number of carbonyl (C=O) groups is 1. The molecule has 1 aromatic heterocycles. The highest BCUT2D eigenvalue weighted by Crippen LogP contribution is 2.28. The van der Waals surface area contributed by atoms with Crippen molar-refractivity contribution in [3.63, 3.8) is 0 Å². The lowest BCUT2D eigenvalue weighted by Crippen LogP contribution is -2.42. The summed E-state index contributed by atoms with van der Waals surface area (Å²) in [5, 5.41) is 3.08. The molecule has 0 aliphatic carbocycles. The Hall–Kier alpha value is -2.40. The average molecular weight is 367 g/mol. The molecular weight excluding hydrogens is 338 g/mol. The number of carbonyl (C=O) groups excluding carboxylic acids is 1. The molecule has 1 amide bonds. The number of hydrogen-bond donors (Lipinski definition) is 1.